The number of methoxy groups -OCH3 is 2. The Morgan fingerprint density at radius 1 is 1.11 bits per heavy atom. The van der Waals surface area contributed by atoms with Crippen LogP contribution in [0.3, 0.4) is 0 Å². The number of hydrogen-bond donors (Lipinski definition) is 0. The van der Waals surface area contributed by atoms with Crippen LogP contribution < -0.4 is 15.0 Å². The molecule has 0 spiro atoms. The molecule has 4 rings (SSSR count). The first-order valence-electron chi connectivity index (χ1n) is 10.3. The number of carbonyl (C=O) groups is 2. The molecule has 0 atom stereocenters. The van der Waals surface area contributed by atoms with E-state index < -0.39 is 17.5 Å². The summed E-state index contributed by atoms with van der Waals surface area (Å²) in [5, 5.41) is 2.12. The van der Waals surface area contributed by atoms with Gasteiger partial charge in [0.05, 0.1) is 25.9 Å². The van der Waals surface area contributed by atoms with Crippen LogP contribution in [-0.2, 0) is 20.9 Å². The number of thiophene rings is 1. The molecule has 0 unspecified atom stereocenters. The second-order valence-corrected chi connectivity index (χ2v) is 8.11. The Morgan fingerprint density at radius 3 is 2.60 bits per heavy atom. The Labute approximate surface area is 202 Å². The molecule has 0 aliphatic rings. The minimum absolute atomic E-state index is 0.150. The molecule has 0 aliphatic carbocycles. The van der Waals surface area contributed by atoms with Gasteiger partial charge in [-0.1, -0.05) is 18.2 Å². The van der Waals surface area contributed by atoms with Gasteiger partial charge in [-0.2, -0.15) is 0 Å². The fraction of sp³-hybridized carbons (Fsp3) is 0.120. The lowest BCUT2D eigenvalue weighted by Gasteiger charge is -2.11. The van der Waals surface area contributed by atoms with Crippen LogP contribution in [0.5, 0.6) is 11.5 Å². The van der Waals surface area contributed by atoms with Crippen molar-refractivity contribution in [2.45, 2.75) is 6.54 Å². The lowest BCUT2D eigenvalue weighted by atomic mass is 10.1. The lowest BCUT2D eigenvalue weighted by Crippen LogP contribution is -2.26. The van der Waals surface area contributed by atoms with Crippen molar-refractivity contribution in [3.05, 3.63) is 82.0 Å². The fourth-order valence-electron chi connectivity index (χ4n) is 3.32. The second-order valence-electron chi connectivity index (χ2n) is 7.25. The second kappa shape index (κ2) is 10.3. The average molecular weight is 495 g/mol. The standard InChI is InChI=1S/C25H19FN2O6S/c1-32-20-11-15(4-10-21(29)33-2)3-9-19(20)34-22(30)12-28-14-27-24-23(25(28)31)18(13-35-24)16-5-7-17(26)8-6-16/h3-11,13-14H,12H2,1-2H3/b10-4+. The molecule has 35 heavy (non-hydrogen) atoms. The van der Waals surface area contributed by atoms with Crippen LogP contribution in [0.2, 0.25) is 0 Å². The van der Waals surface area contributed by atoms with Gasteiger partial charge in [0, 0.05) is 17.0 Å². The summed E-state index contributed by atoms with van der Waals surface area (Å²) in [6.45, 7) is -0.381. The lowest BCUT2D eigenvalue weighted by molar-refractivity contribution is -0.135. The third-order valence-corrected chi connectivity index (χ3v) is 5.93. The highest BCUT2D eigenvalue weighted by molar-refractivity contribution is 7.17. The molecule has 0 saturated heterocycles. The molecule has 0 radical (unpaired) electrons. The normalized spacial score (nSPS) is 11.1. The average Bonchev–Trinajstić information content (AvgIpc) is 3.30. The van der Waals surface area contributed by atoms with E-state index >= 15 is 0 Å². The number of fused-ring (bicyclic) bond motifs is 1. The molecule has 0 saturated carbocycles. The van der Waals surface area contributed by atoms with E-state index in [9.17, 15) is 18.8 Å². The number of benzene rings is 2. The molecule has 178 valence electrons. The van der Waals surface area contributed by atoms with Gasteiger partial charge in [-0.25, -0.2) is 19.0 Å². The number of hydrogen-bond acceptors (Lipinski definition) is 8. The maximum atomic E-state index is 13.3. The molecule has 0 amide bonds. The number of ether oxygens (including phenoxy) is 3. The number of halogens is 1. The summed E-state index contributed by atoms with van der Waals surface area (Å²) in [5.74, 6) is -1.18. The first kappa shape index (κ1) is 23.8. The van der Waals surface area contributed by atoms with Gasteiger partial charge in [-0.3, -0.25) is 9.36 Å². The van der Waals surface area contributed by atoms with E-state index in [4.69, 9.17) is 9.47 Å². The maximum absolute atomic E-state index is 13.3. The fourth-order valence-corrected chi connectivity index (χ4v) is 4.23. The zero-order chi connectivity index (χ0) is 24.9. The Hall–Kier alpha value is -4.31. The van der Waals surface area contributed by atoms with Crippen LogP contribution >= 0.6 is 11.3 Å². The van der Waals surface area contributed by atoms with E-state index in [-0.39, 0.29) is 23.9 Å². The highest BCUT2D eigenvalue weighted by Crippen LogP contribution is 2.31. The molecule has 0 fully saturated rings. The van der Waals surface area contributed by atoms with E-state index in [2.05, 4.69) is 9.72 Å². The van der Waals surface area contributed by atoms with Gasteiger partial charge in [0.15, 0.2) is 11.5 Å². The largest absolute Gasteiger partial charge is 0.493 e. The predicted octanol–water partition coefficient (Wildman–Crippen LogP) is 4.06. The number of nitrogens with zero attached hydrogens (tertiary/aromatic N) is 2. The van der Waals surface area contributed by atoms with Crippen molar-refractivity contribution in [2.75, 3.05) is 14.2 Å². The molecule has 8 nitrogen and oxygen atoms in total. The summed E-state index contributed by atoms with van der Waals surface area (Å²) in [5.41, 5.74) is 1.50. The highest BCUT2D eigenvalue weighted by Gasteiger charge is 2.17. The minimum atomic E-state index is -0.706. The third-order valence-electron chi connectivity index (χ3n) is 5.04. The van der Waals surface area contributed by atoms with Crippen LogP contribution in [0.25, 0.3) is 27.4 Å². The van der Waals surface area contributed by atoms with Gasteiger partial charge in [0.25, 0.3) is 5.56 Å². The molecule has 4 aromatic rings. The molecule has 10 heteroatoms. The summed E-state index contributed by atoms with van der Waals surface area (Å²) in [7, 11) is 2.69. The Bertz CT molecular complexity index is 1490. The quantitative estimate of drug-likeness (QED) is 0.217. The van der Waals surface area contributed by atoms with E-state index in [0.29, 0.717) is 26.9 Å². The number of aromatic nitrogens is 2. The van der Waals surface area contributed by atoms with Crippen LogP contribution in [0.1, 0.15) is 5.56 Å². The molecule has 2 aromatic heterocycles. The highest BCUT2D eigenvalue weighted by atomic mass is 32.1. The van der Waals surface area contributed by atoms with E-state index in [1.807, 2.05) is 0 Å². The molecular formula is C25H19FN2O6S. The number of carbonyl (C=O) groups excluding carboxylic acids is 2. The van der Waals surface area contributed by atoms with E-state index in [0.717, 1.165) is 4.57 Å². The van der Waals surface area contributed by atoms with Crippen molar-refractivity contribution in [2.24, 2.45) is 0 Å². The Morgan fingerprint density at radius 2 is 1.89 bits per heavy atom. The van der Waals surface area contributed by atoms with Crippen molar-refractivity contribution >= 4 is 39.6 Å². The molecule has 0 bridgehead atoms. The number of rotatable bonds is 7. The summed E-state index contributed by atoms with van der Waals surface area (Å²) in [4.78, 5) is 41.8. The van der Waals surface area contributed by atoms with Crippen molar-refractivity contribution in [1.82, 2.24) is 9.55 Å². The van der Waals surface area contributed by atoms with Crippen molar-refractivity contribution in [1.29, 1.82) is 0 Å². The predicted molar refractivity (Wildman–Crippen MR) is 129 cm³/mol. The maximum Gasteiger partial charge on any atom is 0.331 e. The molecular weight excluding hydrogens is 475 g/mol. The summed E-state index contributed by atoms with van der Waals surface area (Å²) in [6, 6.07) is 10.5. The van der Waals surface area contributed by atoms with Gasteiger partial charge in [-0.15, -0.1) is 11.3 Å². The summed E-state index contributed by atoms with van der Waals surface area (Å²) in [6.07, 6.45) is 4.06. The van der Waals surface area contributed by atoms with E-state index in [1.165, 1.54) is 62.2 Å². The summed E-state index contributed by atoms with van der Waals surface area (Å²) >= 11 is 1.29. The van der Waals surface area contributed by atoms with Gasteiger partial charge in [-0.05, 0) is 41.5 Å². The van der Waals surface area contributed by atoms with Crippen LogP contribution in [0, 0.1) is 5.82 Å². The smallest absolute Gasteiger partial charge is 0.331 e. The summed E-state index contributed by atoms with van der Waals surface area (Å²) < 4.78 is 29.7. The third kappa shape index (κ3) is 5.28. The zero-order valence-corrected chi connectivity index (χ0v) is 19.5. The van der Waals surface area contributed by atoms with Crippen molar-refractivity contribution in [3.8, 4) is 22.6 Å². The molecule has 0 N–H and O–H groups in total. The monoisotopic (exact) mass is 494 g/mol. The van der Waals surface area contributed by atoms with Gasteiger partial charge < -0.3 is 14.2 Å². The first-order valence-corrected chi connectivity index (χ1v) is 11.1. The molecule has 0 aliphatic heterocycles. The van der Waals surface area contributed by atoms with Gasteiger partial charge in [0.1, 0.15) is 17.2 Å². The van der Waals surface area contributed by atoms with E-state index in [1.54, 1.807) is 29.6 Å². The van der Waals surface area contributed by atoms with Gasteiger partial charge >= 0.3 is 11.9 Å². The SMILES string of the molecule is COC(=O)/C=C/c1ccc(OC(=O)Cn2cnc3scc(-c4ccc(F)cc4)c3c2=O)c(OC)c1. The molecule has 2 heterocycles. The van der Waals surface area contributed by atoms with Crippen molar-refractivity contribution in [3.63, 3.8) is 0 Å². The van der Waals surface area contributed by atoms with Crippen molar-refractivity contribution < 1.29 is 28.2 Å². The zero-order valence-electron chi connectivity index (χ0n) is 18.7. The minimum Gasteiger partial charge on any atom is -0.493 e. The van der Waals surface area contributed by atoms with Crippen LogP contribution in [0.15, 0.2) is 65.0 Å². The first-order chi connectivity index (χ1) is 16.9. The Kier molecular flexibility index (Phi) is 7.02. The molecule has 2 aromatic carbocycles. The van der Waals surface area contributed by atoms with Crippen LogP contribution in [-0.4, -0.2) is 35.7 Å². The topological polar surface area (TPSA) is 96.7 Å². The number of esters is 2. The van der Waals surface area contributed by atoms with Gasteiger partial charge in [0.2, 0.25) is 0 Å². The van der Waals surface area contributed by atoms with Crippen LogP contribution in [0.4, 0.5) is 4.39 Å². The Balaban J connectivity index is 1.56.